The van der Waals surface area contributed by atoms with Gasteiger partial charge in [-0.1, -0.05) is 26.0 Å². The molecule has 0 fully saturated rings. The van der Waals surface area contributed by atoms with Gasteiger partial charge in [0, 0.05) is 24.7 Å². The summed E-state index contributed by atoms with van der Waals surface area (Å²) < 4.78 is 34.6. The van der Waals surface area contributed by atoms with Crippen LogP contribution in [-0.2, 0) is 30.5 Å². The molecule has 0 aliphatic heterocycles. The van der Waals surface area contributed by atoms with E-state index in [1.54, 1.807) is 38.2 Å². The maximum absolute atomic E-state index is 13.5. The van der Waals surface area contributed by atoms with Crippen molar-refractivity contribution in [3.8, 4) is 0 Å². The normalized spacial score (nSPS) is 12.9. The largest absolute Gasteiger partial charge is 0.368 e. The fourth-order valence-electron chi connectivity index (χ4n) is 3.91. The SMILES string of the molecule is CC(C)(Cc1c(C(N)=O)c(=O)n(CCNCS(=O)O)c2cc(Cc3ccc(F)cc3)cnc12)C(O)O. The van der Waals surface area contributed by atoms with Gasteiger partial charge in [0.1, 0.15) is 11.4 Å². The van der Waals surface area contributed by atoms with Crippen LogP contribution in [0, 0.1) is 11.2 Å². The number of nitrogens with one attached hydrogen (secondary N) is 1. The van der Waals surface area contributed by atoms with Crippen molar-refractivity contribution in [3.05, 3.63) is 75.0 Å². The summed E-state index contributed by atoms with van der Waals surface area (Å²) in [5.74, 6) is -1.54. The van der Waals surface area contributed by atoms with Crippen LogP contribution in [0.25, 0.3) is 11.0 Å². The number of rotatable bonds is 11. The van der Waals surface area contributed by atoms with Crippen molar-refractivity contribution in [1.82, 2.24) is 14.9 Å². The van der Waals surface area contributed by atoms with Gasteiger partial charge in [-0.05, 0) is 47.7 Å². The van der Waals surface area contributed by atoms with E-state index in [0.29, 0.717) is 23.0 Å². The summed E-state index contributed by atoms with van der Waals surface area (Å²) in [6.07, 6.45) is 0.163. The number of aliphatic hydroxyl groups excluding tert-OH is 1. The number of halogens is 1. The Balaban J connectivity index is 2.19. The molecular formula is C24H29FN4O6S. The van der Waals surface area contributed by atoms with Gasteiger partial charge in [0.25, 0.3) is 11.5 Å². The summed E-state index contributed by atoms with van der Waals surface area (Å²) >= 11 is -2.07. The van der Waals surface area contributed by atoms with Gasteiger partial charge >= 0.3 is 0 Å². The van der Waals surface area contributed by atoms with E-state index in [2.05, 4.69) is 10.3 Å². The Morgan fingerprint density at radius 3 is 2.50 bits per heavy atom. The summed E-state index contributed by atoms with van der Waals surface area (Å²) in [5.41, 5.74) is 5.89. The van der Waals surface area contributed by atoms with Crippen molar-refractivity contribution < 1.29 is 28.2 Å². The molecule has 2 aromatic heterocycles. The first-order valence-corrected chi connectivity index (χ1v) is 12.4. The highest BCUT2D eigenvalue weighted by Gasteiger charge is 2.31. The second-order valence-electron chi connectivity index (χ2n) is 9.19. The first kappa shape index (κ1) is 27.6. The summed E-state index contributed by atoms with van der Waals surface area (Å²) in [5, 5.41) is 22.4. The Labute approximate surface area is 209 Å². The monoisotopic (exact) mass is 520 g/mol. The van der Waals surface area contributed by atoms with Crippen molar-refractivity contribution in [2.75, 3.05) is 12.4 Å². The molecule has 0 aliphatic carbocycles. The topological polar surface area (TPSA) is 168 Å². The number of carbonyl (C=O) groups excluding carboxylic acids is 1. The Bertz CT molecular complexity index is 1340. The second-order valence-corrected chi connectivity index (χ2v) is 10.1. The quantitative estimate of drug-likeness (QED) is 0.141. The highest BCUT2D eigenvalue weighted by molar-refractivity contribution is 7.79. The minimum Gasteiger partial charge on any atom is -0.368 e. The predicted molar refractivity (Wildman–Crippen MR) is 133 cm³/mol. The molecule has 6 N–H and O–H groups in total. The van der Waals surface area contributed by atoms with Gasteiger partial charge in [-0.3, -0.25) is 14.6 Å². The average molecular weight is 521 g/mol. The van der Waals surface area contributed by atoms with E-state index in [0.717, 1.165) is 5.56 Å². The van der Waals surface area contributed by atoms with Gasteiger partial charge in [0.15, 0.2) is 17.4 Å². The molecule has 1 unspecified atom stereocenters. The molecule has 10 nitrogen and oxygen atoms in total. The lowest BCUT2D eigenvalue weighted by atomic mass is 9.83. The van der Waals surface area contributed by atoms with E-state index in [9.17, 15) is 28.4 Å². The molecule has 12 heteroatoms. The molecule has 0 saturated heterocycles. The molecule has 36 heavy (non-hydrogen) atoms. The van der Waals surface area contributed by atoms with Gasteiger partial charge in [-0.2, -0.15) is 0 Å². The Morgan fingerprint density at radius 1 is 1.25 bits per heavy atom. The summed E-state index contributed by atoms with van der Waals surface area (Å²) in [4.78, 5) is 30.4. The molecule has 0 spiro atoms. The number of fused-ring (bicyclic) bond motifs is 1. The van der Waals surface area contributed by atoms with Gasteiger partial charge in [0.2, 0.25) is 0 Å². The van der Waals surface area contributed by atoms with Crippen LogP contribution in [0.3, 0.4) is 0 Å². The third kappa shape index (κ3) is 6.39. The van der Waals surface area contributed by atoms with Crippen LogP contribution in [0.4, 0.5) is 4.39 Å². The number of hydrogen-bond donors (Lipinski definition) is 5. The number of benzene rings is 1. The minimum atomic E-state index is -2.07. The number of amides is 1. The summed E-state index contributed by atoms with van der Waals surface area (Å²) in [7, 11) is 0. The van der Waals surface area contributed by atoms with E-state index in [1.165, 1.54) is 16.7 Å². The maximum Gasteiger partial charge on any atom is 0.264 e. The third-order valence-electron chi connectivity index (χ3n) is 5.90. The lowest BCUT2D eigenvalue weighted by Crippen LogP contribution is -2.37. The van der Waals surface area contributed by atoms with E-state index in [4.69, 9.17) is 10.3 Å². The standard InChI is InChI=1S/C24H29FN4O6S/c1-24(2,23(32)33)11-17-19(21(26)30)22(31)29(8-7-27-13-36(34)35)18-10-15(12-28-20(17)18)9-14-3-5-16(25)6-4-14/h3-6,10,12,23,27,32-33H,7-9,11,13H2,1-2H3,(H2,26,30)(H,34,35). The van der Waals surface area contributed by atoms with Crippen molar-refractivity contribution >= 4 is 28.0 Å². The van der Waals surface area contributed by atoms with Gasteiger partial charge in [0.05, 0.1) is 16.9 Å². The zero-order valence-electron chi connectivity index (χ0n) is 19.9. The average Bonchev–Trinajstić information content (AvgIpc) is 2.79. The second kappa shape index (κ2) is 11.4. The molecule has 1 amide bonds. The lowest BCUT2D eigenvalue weighted by Gasteiger charge is -2.28. The predicted octanol–water partition coefficient (Wildman–Crippen LogP) is 0.874. The van der Waals surface area contributed by atoms with Crippen LogP contribution < -0.4 is 16.6 Å². The Hall–Kier alpha value is -3.03. The number of primary amides is 1. The molecule has 1 atom stereocenters. The molecule has 1 aromatic carbocycles. The van der Waals surface area contributed by atoms with Crippen molar-refractivity contribution in [2.24, 2.45) is 11.1 Å². The number of nitrogens with two attached hydrogens (primary N) is 1. The van der Waals surface area contributed by atoms with Crippen LogP contribution in [0.5, 0.6) is 0 Å². The Morgan fingerprint density at radius 2 is 1.92 bits per heavy atom. The van der Waals surface area contributed by atoms with E-state index < -0.39 is 34.3 Å². The smallest absolute Gasteiger partial charge is 0.264 e. The number of pyridine rings is 2. The molecular weight excluding hydrogens is 491 g/mol. The van der Waals surface area contributed by atoms with Crippen LogP contribution in [-0.4, -0.2) is 53.1 Å². The van der Waals surface area contributed by atoms with E-state index in [-0.39, 0.29) is 42.3 Å². The first-order chi connectivity index (χ1) is 16.9. The van der Waals surface area contributed by atoms with Crippen LogP contribution in [0.1, 0.15) is 40.9 Å². The molecule has 194 valence electrons. The summed E-state index contributed by atoms with van der Waals surface area (Å²) in [6.45, 7) is 3.33. The first-order valence-electron chi connectivity index (χ1n) is 11.1. The van der Waals surface area contributed by atoms with Crippen molar-refractivity contribution in [1.29, 1.82) is 0 Å². The number of aliphatic hydroxyl groups is 2. The van der Waals surface area contributed by atoms with Crippen LogP contribution in [0.15, 0.2) is 41.3 Å². The molecule has 0 bridgehead atoms. The van der Waals surface area contributed by atoms with Gasteiger partial charge < -0.3 is 30.4 Å². The van der Waals surface area contributed by atoms with Gasteiger partial charge in [-0.25, -0.2) is 8.60 Å². The van der Waals surface area contributed by atoms with E-state index in [1.807, 2.05) is 0 Å². The number of hydrogen-bond acceptors (Lipinski definition) is 7. The number of nitrogens with zero attached hydrogens (tertiary/aromatic N) is 2. The van der Waals surface area contributed by atoms with Crippen molar-refractivity contribution in [2.45, 2.75) is 39.5 Å². The van der Waals surface area contributed by atoms with Gasteiger partial charge in [-0.15, -0.1) is 0 Å². The fourth-order valence-corrected chi connectivity index (χ4v) is 4.22. The molecule has 0 saturated carbocycles. The lowest BCUT2D eigenvalue weighted by molar-refractivity contribution is -0.120. The number of aromatic nitrogens is 2. The molecule has 0 radical (unpaired) electrons. The maximum atomic E-state index is 13.5. The van der Waals surface area contributed by atoms with Crippen molar-refractivity contribution in [3.63, 3.8) is 0 Å². The van der Waals surface area contributed by atoms with Crippen LogP contribution >= 0.6 is 0 Å². The molecule has 3 aromatic rings. The minimum absolute atomic E-state index is 0.0425. The zero-order chi connectivity index (χ0) is 26.6. The molecule has 0 aliphatic rings. The summed E-state index contributed by atoms with van der Waals surface area (Å²) in [6, 6.07) is 7.69. The highest BCUT2D eigenvalue weighted by atomic mass is 32.2. The third-order valence-corrected chi connectivity index (χ3v) is 6.35. The van der Waals surface area contributed by atoms with Crippen LogP contribution in [0.2, 0.25) is 0 Å². The number of carbonyl (C=O) groups is 1. The van der Waals surface area contributed by atoms with E-state index >= 15 is 0 Å². The fraction of sp³-hybridized carbons (Fsp3) is 0.375. The zero-order valence-corrected chi connectivity index (χ0v) is 20.7. The molecule has 2 heterocycles. The Kier molecular flexibility index (Phi) is 8.69. The molecule has 3 rings (SSSR count). The highest BCUT2D eigenvalue weighted by Crippen LogP contribution is 2.30.